The van der Waals surface area contributed by atoms with E-state index in [2.05, 4.69) is 4.72 Å². The Bertz CT molecular complexity index is 739. The van der Waals surface area contributed by atoms with Gasteiger partial charge in [0.2, 0.25) is 10.0 Å². The molecule has 1 aromatic carbocycles. The molecule has 0 unspecified atom stereocenters. The van der Waals surface area contributed by atoms with Gasteiger partial charge in [0.15, 0.2) is 0 Å². The summed E-state index contributed by atoms with van der Waals surface area (Å²) in [5.41, 5.74) is 0.769. The zero-order valence-corrected chi connectivity index (χ0v) is 14.6. The van der Waals surface area contributed by atoms with Crippen LogP contribution in [0.25, 0.3) is 0 Å². The molecule has 6 nitrogen and oxygen atoms in total. The van der Waals surface area contributed by atoms with Gasteiger partial charge in [-0.25, -0.2) is 13.1 Å². The molecule has 0 saturated heterocycles. The van der Waals surface area contributed by atoms with Gasteiger partial charge in [0.05, 0.1) is 24.3 Å². The molecule has 23 heavy (non-hydrogen) atoms. The van der Waals surface area contributed by atoms with Crippen molar-refractivity contribution >= 4 is 10.0 Å². The molecule has 1 atom stereocenters. The first kappa shape index (κ1) is 17.5. The number of hydrogen-bond acceptors (Lipinski definition) is 5. The number of rotatable bonds is 7. The van der Waals surface area contributed by atoms with E-state index in [-0.39, 0.29) is 17.5 Å². The third-order valence-corrected chi connectivity index (χ3v) is 5.06. The van der Waals surface area contributed by atoms with E-state index in [4.69, 9.17) is 9.15 Å². The molecule has 0 aliphatic rings. The van der Waals surface area contributed by atoms with E-state index in [1.807, 2.05) is 32.0 Å². The number of nitrogens with one attached hydrogen (secondary N) is 1. The molecule has 7 heteroatoms. The molecule has 0 bridgehead atoms. The molecule has 2 rings (SSSR count). The summed E-state index contributed by atoms with van der Waals surface area (Å²) in [4.78, 5) is 2.12. The monoisotopic (exact) mass is 338 g/mol. The van der Waals surface area contributed by atoms with Crippen LogP contribution in [0.2, 0.25) is 0 Å². The van der Waals surface area contributed by atoms with Crippen LogP contribution >= 0.6 is 0 Å². The van der Waals surface area contributed by atoms with Crippen LogP contribution in [0.3, 0.4) is 0 Å². The Balaban J connectivity index is 2.16. The van der Waals surface area contributed by atoms with Crippen molar-refractivity contribution in [3.05, 3.63) is 47.9 Å². The summed E-state index contributed by atoms with van der Waals surface area (Å²) in [5, 5.41) is 0. The molecule has 1 aromatic heterocycles. The molecule has 2 aromatic rings. The van der Waals surface area contributed by atoms with Crippen molar-refractivity contribution in [1.29, 1.82) is 0 Å². The van der Waals surface area contributed by atoms with Gasteiger partial charge in [-0.1, -0.05) is 0 Å². The molecule has 0 radical (unpaired) electrons. The molecule has 0 spiro atoms. The molecule has 0 aliphatic heterocycles. The van der Waals surface area contributed by atoms with Gasteiger partial charge in [-0.2, -0.15) is 0 Å². The van der Waals surface area contributed by atoms with Crippen molar-refractivity contribution in [3.63, 3.8) is 0 Å². The lowest BCUT2D eigenvalue weighted by Crippen LogP contribution is -2.34. The highest BCUT2D eigenvalue weighted by Crippen LogP contribution is 2.22. The number of benzene rings is 1. The Morgan fingerprint density at radius 1 is 1.30 bits per heavy atom. The van der Waals surface area contributed by atoms with Crippen LogP contribution in [0, 0.1) is 6.92 Å². The smallest absolute Gasteiger partial charge is 0.240 e. The molecule has 0 saturated carbocycles. The second-order valence-electron chi connectivity index (χ2n) is 5.48. The number of sulfonamides is 1. The Labute approximate surface area is 137 Å². The van der Waals surface area contributed by atoms with Gasteiger partial charge in [-0.3, -0.25) is 4.90 Å². The van der Waals surface area contributed by atoms with Crippen LogP contribution in [-0.2, 0) is 10.0 Å². The lowest BCUT2D eigenvalue weighted by Gasteiger charge is -2.22. The summed E-state index contributed by atoms with van der Waals surface area (Å²) < 4.78 is 38.1. The summed E-state index contributed by atoms with van der Waals surface area (Å²) >= 11 is 0. The summed E-state index contributed by atoms with van der Waals surface area (Å²) in [5.74, 6) is 1.37. The maximum Gasteiger partial charge on any atom is 0.240 e. The highest BCUT2D eigenvalue weighted by molar-refractivity contribution is 7.89. The van der Waals surface area contributed by atoms with Gasteiger partial charge in [0.1, 0.15) is 11.5 Å². The van der Waals surface area contributed by atoms with Crippen molar-refractivity contribution in [1.82, 2.24) is 9.62 Å². The number of furan rings is 1. The second kappa shape index (κ2) is 7.16. The van der Waals surface area contributed by atoms with Gasteiger partial charge in [0, 0.05) is 6.54 Å². The van der Waals surface area contributed by atoms with Crippen LogP contribution in [0.5, 0.6) is 5.75 Å². The minimum absolute atomic E-state index is 0.181. The SMILES string of the molecule is COc1ccc(S(=O)(=O)NC[C@@H](c2ccco2)N(C)C)cc1C. The third-order valence-electron chi connectivity index (χ3n) is 3.64. The fraction of sp³-hybridized carbons (Fsp3) is 0.375. The van der Waals surface area contributed by atoms with Crippen molar-refractivity contribution < 1.29 is 17.6 Å². The quantitative estimate of drug-likeness (QED) is 0.838. The minimum Gasteiger partial charge on any atom is -0.496 e. The van der Waals surface area contributed by atoms with Crippen LogP contribution in [0.15, 0.2) is 45.9 Å². The predicted molar refractivity (Wildman–Crippen MR) is 88.1 cm³/mol. The number of likely N-dealkylation sites (N-methyl/N-ethyl adjacent to an activating group) is 1. The average Bonchev–Trinajstić information content (AvgIpc) is 3.01. The first-order valence-corrected chi connectivity index (χ1v) is 8.67. The topological polar surface area (TPSA) is 71.8 Å². The van der Waals surface area contributed by atoms with Gasteiger partial charge < -0.3 is 9.15 Å². The van der Waals surface area contributed by atoms with E-state index >= 15 is 0 Å². The van der Waals surface area contributed by atoms with Crippen LogP contribution in [-0.4, -0.2) is 41.1 Å². The Hall–Kier alpha value is -1.83. The van der Waals surface area contributed by atoms with E-state index in [9.17, 15) is 8.42 Å². The zero-order chi connectivity index (χ0) is 17.0. The number of aryl methyl sites for hydroxylation is 1. The summed E-state index contributed by atoms with van der Waals surface area (Å²) in [6, 6.07) is 8.22. The zero-order valence-electron chi connectivity index (χ0n) is 13.7. The van der Waals surface area contributed by atoms with E-state index in [0.717, 1.165) is 5.56 Å². The lowest BCUT2D eigenvalue weighted by atomic mass is 10.2. The number of hydrogen-bond donors (Lipinski definition) is 1. The van der Waals surface area contributed by atoms with Crippen molar-refractivity contribution in [2.24, 2.45) is 0 Å². The van der Waals surface area contributed by atoms with Crippen molar-refractivity contribution in [3.8, 4) is 5.75 Å². The summed E-state index contributed by atoms with van der Waals surface area (Å²) in [7, 11) is 1.70. The Kier molecular flexibility index (Phi) is 5.46. The molecule has 1 N–H and O–H groups in total. The van der Waals surface area contributed by atoms with E-state index in [1.165, 1.54) is 6.07 Å². The number of ether oxygens (including phenoxy) is 1. The van der Waals surface area contributed by atoms with Crippen molar-refractivity contribution in [2.45, 2.75) is 17.9 Å². The molecule has 0 amide bonds. The fourth-order valence-corrected chi connectivity index (χ4v) is 3.43. The lowest BCUT2D eigenvalue weighted by molar-refractivity contribution is 0.259. The van der Waals surface area contributed by atoms with E-state index in [0.29, 0.717) is 11.5 Å². The minimum atomic E-state index is -3.60. The Morgan fingerprint density at radius 2 is 2.04 bits per heavy atom. The molecule has 1 heterocycles. The molecular formula is C16H22N2O4S. The van der Waals surface area contributed by atoms with Crippen molar-refractivity contribution in [2.75, 3.05) is 27.7 Å². The highest BCUT2D eigenvalue weighted by atomic mass is 32.2. The van der Waals surface area contributed by atoms with Gasteiger partial charge in [-0.15, -0.1) is 0 Å². The third kappa shape index (κ3) is 4.13. The molecule has 0 fully saturated rings. The summed E-state index contributed by atoms with van der Waals surface area (Å²) in [6.07, 6.45) is 1.58. The average molecular weight is 338 g/mol. The van der Waals surface area contributed by atoms with Gasteiger partial charge in [-0.05, 0) is 56.9 Å². The molecule has 126 valence electrons. The fourth-order valence-electron chi connectivity index (χ4n) is 2.31. The van der Waals surface area contributed by atoms with E-state index < -0.39 is 10.0 Å². The van der Waals surface area contributed by atoms with E-state index in [1.54, 1.807) is 31.6 Å². The normalized spacial score (nSPS) is 13.3. The Morgan fingerprint density at radius 3 is 2.57 bits per heavy atom. The van der Waals surface area contributed by atoms with Gasteiger partial charge in [0.25, 0.3) is 0 Å². The molecule has 0 aliphatic carbocycles. The molecular weight excluding hydrogens is 316 g/mol. The second-order valence-corrected chi connectivity index (χ2v) is 7.25. The highest BCUT2D eigenvalue weighted by Gasteiger charge is 2.21. The first-order chi connectivity index (χ1) is 10.8. The predicted octanol–water partition coefficient (Wildman–Crippen LogP) is 2.18. The standard InChI is InChI=1S/C16H22N2O4S/c1-12-10-13(7-8-15(12)21-4)23(19,20)17-11-14(18(2)3)16-6-5-9-22-16/h5-10,14,17H,11H2,1-4H3/t14-/m0/s1. The van der Waals surface area contributed by atoms with Crippen LogP contribution in [0.1, 0.15) is 17.4 Å². The van der Waals surface area contributed by atoms with Crippen LogP contribution < -0.4 is 9.46 Å². The maximum atomic E-state index is 12.5. The number of methoxy groups -OCH3 is 1. The number of nitrogens with zero attached hydrogens (tertiary/aromatic N) is 1. The largest absolute Gasteiger partial charge is 0.496 e. The maximum absolute atomic E-state index is 12.5. The summed E-state index contributed by atoms with van der Waals surface area (Å²) in [6.45, 7) is 2.03. The van der Waals surface area contributed by atoms with Gasteiger partial charge >= 0.3 is 0 Å². The van der Waals surface area contributed by atoms with Crippen LogP contribution in [0.4, 0.5) is 0 Å². The first-order valence-electron chi connectivity index (χ1n) is 7.19.